The molecule has 0 aliphatic carbocycles. The van der Waals surface area contributed by atoms with E-state index in [0.717, 1.165) is 74.3 Å². The minimum Gasteiger partial charge on any atom is -0.481 e. The summed E-state index contributed by atoms with van der Waals surface area (Å²) in [7, 11) is 0. The van der Waals surface area contributed by atoms with Gasteiger partial charge in [0.2, 0.25) is 0 Å². The summed E-state index contributed by atoms with van der Waals surface area (Å²) < 4.78 is 2.05. The number of nitrogens with zero attached hydrogens (tertiary/aromatic N) is 4. The molecule has 1 fully saturated rings. The van der Waals surface area contributed by atoms with Crippen LogP contribution in [0.4, 0.5) is 11.5 Å². The molecule has 1 saturated heterocycles. The number of fused-ring (bicyclic) bond motifs is 1. The van der Waals surface area contributed by atoms with Crippen molar-refractivity contribution in [3.8, 4) is 11.3 Å². The molecule has 0 spiro atoms. The van der Waals surface area contributed by atoms with Crippen LogP contribution in [0.2, 0.25) is 0 Å². The van der Waals surface area contributed by atoms with E-state index in [4.69, 9.17) is 30.6 Å². The highest BCUT2D eigenvalue weighted by Crippen LogP contribution is 2.33. The number of nitrogen functional groups attached to an aromatic ring is 1. The minimum atomic E-state index is -0.833. The second kappa shape index (κ2) is 13.5. The van der Waals surface area contributed by atoms with Gasteiger partial charge in [0.25, 0.3) is 11.9 Å². The lowest BCUT2D eigenvalue weighted by molar-refractivity contribution is -0.135. The highest BCUT2D eigenvalue weighted by molar-refractivity contribution is 7.11. The van der Waals surface area contributed by atoms with Crippen molar-refractivity contribution >= 4 is 45.8 Å². The van der Waals surface area contributed by atoms with Crippen molar-refractivity contribution in [3.63, 3.8) is 0 Å². The molecule has 1 aliphatic heterocycles. The van der Waals surface area contributed by atoms with Gasteiger partial charge >= 0.3 is 0 Å². The first-order chi connectivity index (χ1) is 18.2. The standard InChI is InChI=1S/C22H25N7S.2C2H4O2/c1-14-2-7-18(30-14)12-25-16-5-3-15(4-6-16)20-19-21(23)26-13-27-22(19)29(28-20)17-8-10-24-11-9-17;2*1-2(3)4/h2-7,13,17,24-25H,8-12H2,1H3,(H2,23,26,27);2*1H3,(H,3,4). The number of nitrogens with two attached hydrogens (primary N) is 1. The van der Waals surface area contributed by atoms with Crippen LogP contribution in [-0.4, -0.2) is 55.0 Å². The van der Waals surface area contributed by atoms with Gasteiger partial charge in [-0.25, -0.2) is 14.6 Å². The van der Waals surface area contributed by atoms with Gasteiger partial charge in [-0.05, 0) is 57.1 Å². The van der Waals surface area contributed by atoms with E-state index >= 15 is 0 Å². The van der Waals surface area contributed by atoms with E-state index in [9.17, 15) is 0 Å². The SMILES string of the molecule is CC(=O)O.CC(=O)O.Cc1ccc(CNc2ccc(-c3nn(C4CCNCC4)c4ncnc(N)c34)cc2)s1. The average Bonchev–Trinajstić information content (AvgIpc) is 3.47. The predicted octanol–water partition coefficient (Wildman–Crippen LogP) is 4.16. The van der Waals surface area contributed by atoms with E-state index in [0.29, 0.717) is 11.9 Å². The lowest BCUT2D eigenvalue weighted by Gasteiger charge is -2.23. The molecule has 4 aromatic rings. The number of aryl methyl sites for hydroxylation is 1. The molecular weight excluding hydrogens is 506 g/mol. The number of carbonyl (C=O) groups is 2. The van der Waals surface area contributed by atoms with Crippen molar-refractivity contribution in [3.05, 3.63) is 52.5 Å². The molecule has 1 aliphatic rings. The van der Waals surface area contributed by atoms with E-state index in [1.807, 2.05) is 11.3 Å². The smallest absolute Gasteiger partial charge is 0.300 e. The molecule has 4 heterocycles. The fourth-order valence-electron chi connectivity index (χ4n) is 4.02. The van der Waals surface area contributed by atoms with Crippen LogP contribution < -0.4 is 16.4 Å². The number of hydrogen-bond acceptors (Lipinski definition) is 9. The molecule has 12 heteroatoms. The number of thiophene rings is 1. The van der Waals surface area contributed by atoms with Crippen molar-refractivity contribution < 1.29 is 19.8 Å². The fraction of sp³-hybridized carbons (Fsp3) is 0.346. The molecule has 0 unspecified atom stereocenters. The Balaban J connectivity index is 0.000000443. The summed E-state index contributed by atoms with van der Waals surface area (Å²) in [6, 6.07) is 13.0. The van der Waals surface area contributed by atoms with E-state index < -0.39 is 11.9 Å². The van der Waals surface area contributed by atoms with Gasteiger partial charge in [-0.2, -0.15) is 5.10 Å². The Morgan fingerprint density at radius 1 is 1.08 bits per heavy atom. The van der Waals surface area contributed by atoms with Gasteiger partial charge in [-0.1, -0.05) is 12.1 Å². The summed E-state index contributed by atoms with van der Waals surface area (Å²) >= 11 is 1.82. The van der Waals surface area contributed by atoms with E-state index in [-0.39, 0.29) is 0 Å². The molecule has 0 bridgehead atoms. The first-order valence-electron chi connectivity index (χ1n) is 12.1. The van der Waals surface area contributed by atoms with E-state index in [2.05, 4.69) is 68.6 Å². The average molecular weight is 540 g/mol. The maximum absolute atomic E-state index is 9.00. The Kier molecular flexibility index (Phi) is 10.1. The van der Waals surface area contributed by atoms with Crippen molar-refractivity contribution in [1.82, 2.24) is 25.1 Å². The summed E-state index contributed by atoms with van der Waals surface area (Å²) in [6.45, 7) is 7.11. The molecule has 5 rings (SSSR count). The van der Waals surface area contributed by atoms with Crippen molar-refractivity contribution in [2.75, 3.05) is 24.1 Å². The van der Waals surface area contributed by atoms with Crippen LogP contribution >= 0.6 is 11.3 Å². The Labute approximate surface area is 224 Å². The summed E-state index contributed by atoms with van der Waals surface area (Å²) in [4.78, 5) is 29.4. The Hall–Kier alpha value is -4.03. The van der Waals surface area contributed by atoms with Gasteiger partial charge < -0.3 is 26.6 Å². The molecule has 0 atom stereocenters. The number of rotatable bonds is 5. The normalized spacial score (nSPS) is 13.1. The van der Waals surface area contributed by atoms with Crippen LogP contribution in [0.25, 0.3) is 22.3 Å². The van der Waals surface area contributed by atoms with Gasteiger partial charge in [0, 0.05) is 41.4 Å². The minimum absolute atomic E-state index is 0.326. The number of benzene rings is 1. The topological polar surface area (TPSA) is 168 Å². The van der Waals surface area contributed by atoms with Crippen LogP contribution in [0.3, 0.4) is 0 Å². The molecule has 0 amide bonds. The summed E-state index contributed by atoms with van der Waals surface area (Å²) in [5, 5.41) is 27.5. The first kappa shape index (κ1) is 28.5. The monoisotopic (exact) mass is 539 g/mol. The molecular formula is C26H33N7O4S. The van der Waals surface area contributed by atoms with Crippen LogP contribution in [-0.2, 0) is 16.1 Å². The number of carboxylic acid groups (broad SMARTS) is 2. The molecule has 3 aromatic heterocycles. The lowest BCUT2D eigenvalue weighted by Crippen LogP contribution is -2.30. The third kappa shape index (κ3) is 7.98. The number of hydrogen-bond donors (Lipinski definition) is 5. The maximum atomic E-state index is 9.00. The second-order valence-electron chi connectivity index (χ2n) is 8.71. The zero-order valence-corrected chi connectivity index (χ0v) is 22.5. The van der Waals surface area contributed by atoms with Gasteiger partial charge in [-0.3, -0.25) is 9.59 Å². The fourth-order valence-corrected chi connectivity index (χ4v) is 4.85. The zero-order valence-electron chi connectivity index (χ0n) is 21.6. The molecule has 0 radical (unpaired) electrons. The number of nitrogens with one attached hydrogen (secondary N) is 2. The molecule has 38 heavy (non-hydrogen) atoms. The second-order valence-corrected chi connectivity index (χ2v) is 10.1. The lowest BCUT2D eigenvalue weighted by atomic mass is 10.1. The van der Waals surface area contributed by atoms with Gasteiger partial charge in [0.05, 0.1) is 11.4 Å². The van der Waals surface area contributed by atoms with Gasteiger partial charge in [-0.15, -0.1) is 11.3 Å². The van der Waals surface area contributed by atoms with Crippen LogP contribution in [0.15, 0.2) is 42.7 Å². The molecule has 202 valence electrons. The summed E-state index contributed by atoms with van der Waals surface area (Å²) in [5.74, 6) is -1.19. The summed E-state index contributed by atoms with van der Waals surface area (Å²) in [6.07, 6.45) is 3.59. The number of aliphatic carboxylic acids is 2. The number of aromatic nitrogens is 4. The molecule has 6 N–H and O–H groups in total. The molecule has 1 aromatic carbocycles. The zero-order chi connectivity index (χ0) is 27.7. The highest BCUT2D eigenvalue weighted by atomic mass is 32.1. The third-order valence-corrected chi connectivity index (χ3v) is 6.59. The number of anilines is 2. The maximum Gasteiger partial charge on any atom is 0.300 e. The summed E-state index contributed by atoms with van der Waals surface area (Å²) in [5.41, 5.74) is 10.0. The van der Waals surface area contributed by atoms with Crippen LogP contribution in [0, 0.1) is 6.92 Å². The quantitative estimate of drug-likeness (QED) is 0.248. The number of piperidine rings is 1. The van der Waals surface area contributed by atoms with Crippen molar-refractivity contribution in [2.24, 2.45) is 0 Å². The van der Waals surface area contributed by atoms with Crippen LogP contribution in [0.5, 0.6) is 0 Å². The Bertz CT molecular complexity index is 1340. The predicted molar refractivity (Wildman–Crippen MR) is 149 cm³/mol. The Morgan fingerprint density at radius 2 is 1.71 bits per heavy atom. The Morgan fingerprint density at radius 3 is 2.29 bits per heavy atom. The highest BCUT2D eigenvalue weighted by Gasteiger charge is 2.23. The van der Waals surface area contributed by atoms with Crippen molar-refractivity contribution in [2.45, 2.75) is 46.2 Å². The van der Waals surface area contributed by atoms with Gasteiger partial charge in [0.1, 0.15) is 17.8 Å². The molecule has 11 nitrogen and oxygen atoms in total. The first-order valence-corrected chi connectivity index (χ1v) is 13.0. The molecule has 0 saturated carbocycles. The third-order valence-electron chi connectivity index (χ3n) is 5.59. The van der Waals surface area contributed by atoms with Gasteiger partial charge in [0.15, 0.2) is 5.65 Å². The largest absolute Gasteiger partial charge is 0.481 e. The van der Waals surface area contributed by atoms with Crippen LogP contribution in [0.1, 0.15) is 42.5 Å². The number of carboxylic acids is 2. The van der Waals surface area contributed by atoms with E-state index in [1.54, 1.807) is 0 Å². The van der Waals surface area contributed by atoms with E-state index in [1.165, 1.54) is 16.1 Å². The van der Waals surface area contributed by atoms with Crippen molar-refractivity contribution in [1.29, 1.82) is 0 Å².